The number of carboxylic acid groups (broad SMARTS) is 2. The summed E-state index contributed by atoms with van der Waals surface area (Å²) in [6.45, 7) is 0. The lowest BCUT2D eigenvalue weighted by molar-refractivity contribution is -0.146. The molecule has 1 aliphatic carbocycles. The maximum absolute atomic E-state index is 12.5. The third-order valence-corrected chi connectivity index (χ3v) is 6.40. The predicted octanol–water partition coefficient (Wildman–Crippen LogP) is 4.37. The van der Waals surface area contributed by atoms with Crippen molar-refractivity contribution >= 4 is 58.5 Å². The van der Waals surface area contributed by atoms with Crippen molar-refractivity contribution in [2.75, 3.05) is 16.4 Å². The van der Waals surface area contributed by atoms with Crippen LogP contribution in [0.5, 0.6) is 0 Å². The predicted molar refractivity (Wildman–Crippen MR) is 126 cm³/mol. The summed E-state index contributed by atoms with van der Waals surface area (Å²) in [4.78, 5) is 48.1. The average Bonchev–Trinajstić information content (AvgIpc) is 2.79. The van der Waals surface area contributed by atoms with E-state index in [4.69, 9.17) is 16.7 Å². The smallest absolute Gasteiger partial charge is 0.337 e. The Balaban J connectivity index is 1.52. The van der Waals surface area contributed by atoms with Gasteiger partial charge in [0.05, 0.1) is 28.2 Å². The van der Waals surface area contributed by atoms with E-state index >= 15 is 0 Å². The highest BCUT2D eigenvalue weighted by Crippen LogP contribution is 2.28. The van der Waals surface area contributed by atoms with Crippen LogP contribution in [-0.2, 0) is 14.4 Å². The van der Waals surface area contributed by atoms with Crippen LogP contribution >= 0.6 is 23.4 Å². The molecule has 2 aromatic carbocycles. The summed E-state index contributed by atoms with van der Waals surface area (Å²) in [6, 6.07) is 11.1. The minimum Gasteiger partial charge on any atom is -0.481 e. The Hall–Kier alpha value is -3.30. The highest BCUT2D eigenvalue weighted by molar-refractivity contribution is 8.00. The zero-order valence-corrected chi connectivity index (χ0v) is 18.9. The van der Waals surface area contributed by atoms with E-state index in [1.165, 1.54) is 30.0 Å². The molecular formula is C23H21ClN2O6S. The quantitative estimate of drug-likeness (QED) is 0.320. The molecule has 0 radical (unpaired) electrons. The van der Waals surface area contributed by atoms with E-state index in [-0.39, 0.29) is 28.2 Å². The second kappa shape index (κ2) is 11.0. The summed E-state index contributed by atoms with van der Waals surface area (Å²) < 4.78 is 0. The normalized spacial score (nSPS) is 17.2. The highest BCUT2D eigenvalue weighted by Gasteiger charge is 2.33. The van der Waals surface area contributed by atoms with Gasteiger partial charge in [-0.1, -0.05) is 23.8 Å². The number of nitrogens with one attached hydrogen (secondary N) is 2. The number of amides is 2. The van der Waals surface area contributed by atoms with Crippen molar-refractivity contribution in [3.63, 3.8) is 0 Å². The largest absolute Gasteiger partial charge is 0.481 e. The minimum atomic E-state index is -1.18. The zero-order valence-electron chi connectivity index (χ0n) is 17.3. The third kappa shape index (κ3) is 6.59. The zero-order chi connectivity index (χ0) is 24.0. The molecule has 0 heterocycles. The van der Waals surface area contributed by atoms with E-state index in [0.29, 0.717) is 24.2 Å². The summed E-state index contributed by atoms with van der Waals surface area (Å²) >= 11 is 7.09. The SMILES string of the molecule is O=C(CSc1ccc(NC(=O)C2CC=CCC2C(=O)O)cc1)Nc1ccc(Cl)c(C(=O)O)c1. The van der Waals surface area contributed by atoms with Gasteiger partial charge in [0.1, 0.15) is 0 Å². The lowest BCUT2D eigenvalue weighted by Gasteiger charge is -2.24. The Morgan fingerprint density at radius 2 is 1.55 bits per heavy atom. The van der Waals surface area contributed by atoms with Crippen molar-refractivity contribution in [3.05, 3.63) is 65.2 Å². The molecule has 0 bridgehead atoms. The summed E-state index contributed by atoms with van der Waals surface area (Å²) in [7, 11) is 0. The molecule has 0 spiro atoms. The van der Waals surface area contributed by atoms with Crippen molar-refractivity contribution in [2.24, 2.45) is 11.8 Å². The van der Waals surface area contributed by atoms with E-state index in [2.05, 4.69) is 10.6 Å². The van der Waals surface area contributed by atoms with Gasteiger partial charge in [0.25, 0.3) is 0 Å². The van der Waals surface area contributed by atoms with Crippen molar-refractivity contribution in [2.45, 2.75) is 17.7 Å². The maximum atomic E-state index is 12.5. The number of halogens is 1. The molecule has 2 unspecified atom stereocenters. The molecule has 3 rings (SSSR count). The first-order valence-corrected chi connectivity index (χ1v) is 11.3. The number of hydrogen-bond acceptors (Lipinski definition) is 5. The summed E-state index contributed by atoms with van der Waals surface area (Å²) in [5, 5.41) is 23.9. The second-order valence-corrected chi connectivity index (χ2v) is 8.80. The van der Waals surface area contributed by atoms with E-state index in [1.54, 1.807) is 30.3 Å². The first-order valence-electron chi connectivity index (χ1n) is 9.99. The highest BCUT2D eigenvalue weighted by atomic mass is 35.5. The number of carbonyl (C=O) groups excluding carboxylic acids is 2. The number of hydrogen-bond donors (Lipinski definition) is 4. The van der Waals surface area contributed by atoms with Gasteiger partial charge in [-0.2, -0.15) is 0 Å². The summed E-state index contributed by atoms with van der Waals surface area (Å²) in [5.74, 6) is -4.10. The summed E-state index contributed by atoms with van der Waals surface area (Å²) in [6.07, 6.45) is 4.32. The number of aromatic carboxylic acids is 1. The molecule has 10 heteroatoms. The number of carboxylic acids is 2. The van der Waals surface area contributed by atoms with Gasteiger partial charge in [0.2, 0.25) is 11.8 Å². The Labute approximate surface area is 199 Å². The van der Waals surface area contributed by atoms with E-state index < -0.39 is 23.8 Å². The molecule has 1 aliphatic rings. The van der Waals surface area contributed by atoms with Gasteiger partial charge in [0.15, 0.2) is 0 Å². The standard InChI is InChI=1S/C23H21ClN2O6S/c24-19-10-7-14(11-18(19)23(31)32)25-20(27)12-33-15-8-5-13(6-9-15)26-21(28)16-3-1-2-4-17(16)22(29)30/h1-2,5-11,16-17H,3-4,12H2,(H,25,27)(H,26,28)(H,29,30)(H,31,32). The van der Waals surface area contributed by atoms with E-state index in [1.807, 2.05) is 6.08 Å². The molecule has 0 saturated carbocycles. The van der Waals surface area contributed by atoms with Crippen LogP contribution in [0.15, 0.2) is 59.5 Å². The van der Waals surface area contributed by atoms with Crippen molar-refractivity contribution in [1.82, 2.24) is 0 Å². The van der Waals surface area contributed by atoms with Crippen molar-refractivity contribution in [1.29, 1.82) is 0 Å². The number of benzene rings is 2. The number of anilines is 2. The van der Waals surface area contributed by atoms with Crippen molar-refractivity contribution in [3.8, 4) is 0 Å². The fourth-order valence-electron chi connectivity index (χ4n) is 3.36. The van der Waals surface area contributed by atoms with Gasteiger partial charge < -0.3 is 20.8 Å². The molecule has 2 aromatic rings. The first-order chi connectivity index (χ1) is 15.7. The molecule has 33 heavy (non-hydrogen) atoms. The number of thioether (sulfide) groups is 1. The van der Waals surface area contributed by atoms with Crippen LogP contribution in [0, 0.1) is 11.8 Å². The lowest BCUT2D eigenvalue weighted by atomic mass is 9.82. The molecule has 0 aromatic heterocycles. The Bertz CT molecular complexity index is 1100. The lowest BCUT2D eigenvalue weighted by Crippen LogP contribution is -2.34. The molecule has 4 N–H and O–H groups in total. The molecule has 2 atom stereocenters. The molecule has 172 valence electrons. The Morgan fingerprint density at radius 1 is 0.909 bits per heavy atom. The molecule has 0 saturated heterocycles. The molecule has 2 amide bonds. The topological polar surface area (TPSA) is 133 Å². The fourth-order valence-corrected chi connectivity index (χ4v) is 4.26. The van der Waals surface area contributed by atoms with Crippen LogP contribution in [0.2, 0.25) is 5.02 Å². The second-order valence-electron chi connectivity index (χ2n) is 7.34. The van der Waals surface area contributed by atoms with Gasteiger partial charge in [0, 0.05) is 16.3 Å². The van der Waals surface area contributed by atoms with Crippen LogP contribution in [0.4, 0.5) is 11.4 Å². The fraction of sp³-hybridized carbons (Fsp3) is 0.217. The molecular weight excluding hydrogens is 468 g/mol. The van der Waals surface area contributed by atoms with E-state index in [9.17, 15) is 24.3 Å². The van der Waals surface area contributed by atoms with Crippen LogP contribution in [0.1, 0.15) is 23.2 Å². The van der Waals surface area contributed by atoms with Crippen LogP contribution in [0.25, 0.3) is 0 Å². The molecule has 8 nitrogen and oxygen atoms in total. The minimum absolute atomic E-state index is 0.0838. The van der Waals surface area contributed by atoms with Gasteiger partial charge in [-0.15, -0.1) is 11.8 Å². The van der Waals surface area contributed by atoms with Gasteiger partial charge in [-0.3, -0.25) is 14.4 Å². The monoisotopic (exact) mass is 488 g/mol. The van der Waals surface area contributed by atoms with Crippen molar-refractivity contribution < 1.29 is 29.4 Å². The number of rotatable bonds is 8. The van der Waals surface area contributed by atoms with E-state index in [0.717, 1.165) is 4.90 Å². The molecule has 0 fully saturated rings. The average molecular weight is 489 g/mol. The van der Waals surface area contributed by atoms with Gasteiger partial charge >= 0.3 is 11.9 Å². The van der Waals surface area contributed by atoms with Gasteiger partial charge in [-0.05, 0) is 55.3 Å². The Morgan fingerprint density at radius 3 is 2.18 bits per heavy atom. The number of carbonyl (C=O) groups is 4. The third-order valence-electron chi connectivity index (χ3n) is 5.06. The number of allylic oxidation sites excluding steroid dienone is 2. The maximum Gasteiger partial charge on any atom is 0.337 e. The first kappa shape index (κ1) is 24.3. The van der Waals surface area contributed by atoms with Gasteiger partial charge in [-0.25, -0.2) is 4.79 Å². The Kier molecular flexibility index (Phi) is 8.13. The van der Waals surface area contributed by atoms with Crippen LogP contribution < -0.4 is 10.6 Å². The number of aliphatic carboxylic acids is 1. The van der Waals surface area contributed by atoms with Crippen LogP contribution in [-0.4, -0.2) is 39.7 Å². The molecule has 0 aliphatic heterocycles. The van der Waals surface area contributed by atoms with Crippen LogP contribution in [0.3, 0.4) is 0 Å². The summed E-state index contributed by atoms with van der Waals surface area (Å²) in [5.41, 5.74) is 0.770.